The van der Waals surface area contributed by atoms with Gasteiger partial charge in [-0.25, -0.2) is 9.87 Å². The fourth-order valence-electron chi connectivity index (χ4n) is 2.94. The standard InChI is InChI=1S/C23H27FN2O3/c1-4-20(24)23(3,28)21(22(27)26-29)25-15-5-6-17-9-13-19(14-10-17)18-11-7-16(2)8-12-18/h4-14,20-21,25,28-29H,1,15H2,2-3H3,(H,26,27). The van der Waals surface area contributed by atoms with Crippen molar-refractivity contribution in [3.63, 3.8) is 0 Å². The predicted octanol–water partition coefficient (Wildman–Crippen LogP) is 3.41. The number of benzene rings is 2. The Labute approximate surface area is 170 Å². The van der Waals surface area contributed by atoms with Crippen LogP contribution in [-0.2, 0) is 4.79 Å². The summed E-state index contributed by atoms with van der Waals surface area (Å²) in [6, 6.07) is 14.9. The molecule has 0 bridgehead atoms. The Balaban J connectivity index is 2.01. The molecule has 0 spiro atoms. The molecule has 3 atom stereocenters. The maximum Gasteiger partial charge on any atom is 0.263 e. The van der Waals surface area contributed by atoms with Gasteiger partial charge in [-0.3, -0.25) is 15.3 Å². The van der Waals surface area contributed by atoms with Gasteiger partial charge in [0.2, 0.25) is 0 Å². The average molecular weight is 398 g/mol. The minimum Gasteiger partial charge on any atom is -0.385 e. The third-order valence-electron chi connectivity index (χ3n) is 4.77. The van der Waals surface area contributed by atoms with Crippen LogP contribution in [0.3, 0.4) is 0 Å². The van der Waals surface area contributed by atoms with Crippen LogP contribution in [0.4, 0.5) is 4.39 Å². The molecule has 0 fully saturated rings. The molecule has 0 radical (unpaired) electrons. The van der Waals surface area contributed by atoms with Crippen molar-refractivity contribution in [1.29, 1.82) is 0 Å². The quantitative estimate of drug-likeness (QED) is 0.296. The Hall–Kier alpha value is -2.80. The summed E-state index contributed by atoms with van der Waals surface area (Å²) in [5, 5.41) is 21.9. The molecule has 0 aromatic heterocycles. The predicted molar refractivity (Wildman–Crippen MR) is 113 cm³/mol. The van der Waals surface area contributed by atoms with Crippen molar-refractivity contribution in [2.24, 2.45) is 0 Å². The number of hydrogen-bond donors (Lipinski definition) is 4. The first-order chi connectivity index (χ1) is 13.8. The van der Waals surface area contributed by atoms with Crippen LogP contribution in [-0.4, -0.2) is 40.6 Å². The molecule has 1 amide bonds. The molecule has 5 nitrogen and oxygen atoms in total. The van der Waals surface area contributed by atoms with Gasteiger partial charge in [0.25, 0.3) is 5.91 Å². The fourth-order valence-corrected chi connectivity index (χ4v) is 2.94. The van der Waals surface area contributed by atoms with Crippen molar-refractivity contribution >= 4 is 12.0 Å². The number of nitrogens with one attached hydrogen (secondary N) is 2. The zero-order chi connectivity index (χ0) is 21.4. The first kappa shape index (κ1) is 22.5. The minimum atomic E-state index is -2.07. The summed E-state index contributed by atoms with van der Waals surface area (Å²) in [5.74, 6) is -0.935. The van der Waals surface area contributed by atoms with E-state index >= 15 is 0 Å². The summed E-state index contributed by atoms with van der Waals surface area (Å²) in [7, 11) is 0. The number of carbonyl (C=O) groups excluding carboxylic acids is 1. The smallest absolute Gasteiger partial charge is 0.263 e. The number of aliphatic hydroxyl groups is 1. The van der Waals surface area contributed by atoms with Gasteiger partial charge in [0.05, 0.1) is 0 Å². The van der Waals surface area contributed by atoms with Gasteiger partial charge in [0, 0.05) is 6.54 Å². The Morgan fingerprint density at radius 1 is 1.17 bits per heavy atom. The van der Waals surface area contributed by atoms with E-state index in [4.69, 9.17) is 5.21 Å². The molecule has 3 unspecified atom stereocenters. The number of hydrogen-bond acceptors (Lipinski definition) is 4. The van der Waals surface area contributed by atoms with Crippen molar-refractivity contribution in [3.05, 3.63) is 78.4 Å². The van der Waals surface area contributed by atoms with E-state index in [9.17, 15) is 14.3 Å². The normalized spacial score (nSPS) is 15.5. The Morgan fingerprint density at radius 2 is 1.72 bits per heavy atom. The number of hydroxylamine groups is 1. The van der Waals surface area contributed by atoms with Crippen LogP contribution in [0.2, 0.25) is 0 Å². The molecule has 0 aliphatic rings. The van der Waals surface area contributed by atoms with Gasteiger partial charge in [-0.1, -0.05) is 72.3 Å². The zero-order valence-corrected chi connectivity index (χ0v) is 16.6. The molecule has 6 heteroatoms. The van der Waals surface area contributed by atoms with Crippen molar-refractivity contribution in [1.82, 2.24) is 10.8 Å². The summed E-state index contributed by atoms with van der Waals surface area (Å²) in [6.07, 6.45) is 2.64. The lowest BCUT2D eigenvalue weighted by molar-refractivity contribution is -0.140. The molecule has 0 saturated heterocycles. The number of amides is 1. The highest BCUT2D eigenvalue weighted by atomic mass is 19.1. The van der Waals surface area contributed by atoms with Crippen molar-refractivity contribution < 1.29 is 19.5 Å². The highest BCUT2D eigenvalue weighted by Crippen LogP contribution is 2.21. The zero-order valence-electron chi connectivity index (χ0n) is 16.6. The van der Waals surface area contributed by atoms with Gasteiger partial charge in [0.15, 0.2) is 0 Å². The third-order valence-corrected chi connectivity index (χ3v) is 4.77. The van der Waals surface area contributed by atoms with Crippen molar-refractivity contribution in [2.75, 3.05) is 6.54 Å². The number of halogens is 1. The minimum absolute atomic E-state index is 0.178. The summed E-state index contributed by atoms with van der Waals surface area (Å²) in [4.78, 5) is 11.8. The van der Waals surface area contributed by atoms with Crippen LogP contribution in [0.1, 0.15) is 18.1 Å². The first-order valence-corrected chi connectivity index (χ1v) is 9.29. The molecule has 29 heavy (non-hydrogen) atoms. The molecular weight excluding hydrogens is 371 g/mol. The Morgan fingerprint density at radius 3 is 2.24 bits per heavy atom. The lowest BCUT2D eigenvalue weighted by atomic mass is 9.90. The largest absolute Gasteiger partial charge is 0.385 e. The van der Waals surface area contributed by atoms with E-state index in [-0.39, 0.29) is 6.54 Å². The molecule has 0 saturated carbocycles. The topological polar surface area (TPSA) is 81.6 Å². The Kier molecular flexibility index (Phi) is 7.84. The Bertz CT molecular complexity index is 845. The molecule has 4 N–H and O–H groups in total. The van der Waals surface area contributed by atoms with E-state index in [1.165, 1.54) is 18.0 Å². The highest BCUT2D eigenvalue weighted by molar-refractivity contribution is 5.82. The molecule has 2 aromatic rings. The lowest BCUT2D eigenvalue weighted by Crippen LogP contribution is -2.60. The number of rotatable bonds is 9. The number of alkyl halides is 1. The summed E-state index contributed by atoms with van der Waals surface area (Å²) < 4.78 is 13.9. The molecule has 2 rings (SSSR count). The molecule has 154 valence electrons. The van der Waals surface area contributed by atoms with Gasteiger partial charge < -0.3 is 5.11 Å². The van der Waals surface area contributed by atoms with Crippen molar-refractivity contribution in [3.8, 4) is 11.1 Å². The van der Waals surface area contributed by atoms with E-state index in [1.54, 1.807) is 6.08 Å². The van der Waals surface area contributed by atoms with Crippen LogP contribution in [0.25, 0.3) is 17.2 Å². The van der Waals surface area contributed by atoms with Crippen LogP contribution in [0.5, 0.6) is 0 Å². The van der Waals surface area contributed by atoms with Gasteiger partial charge in [-0.15, -0.1) is 6.58 Å². The van der Waals surface area contributed by atoms with Crippen LogP contribution in [0, 0.1) is 6.92 Å². The molecular formula is C23H27FN2O3. The second kappa shape index (κ2) is 10.1. The number of aryl methyl sites for hydroxylation is 1. The van der Waals surface area contributed by atoms with Crippen LogP contribution >= 0.6 is 0 Å². The van der Waals surface area contributed by atoms with E-state index < -0.39 is 23.7 Å². The second-order valence-corrected chi connectivity index (χ2v) is 7.07. The lowest BCUT2D eigenvalue weighted by Gasteiger charge is -2.33. The van der Waals surface area contributed by atoms with E-state index in [2.05, 4.69) is 36.2 Å². The SMILES string of the molecule is C=CC(F)C(C)(O)C(NCC=Cc1ccc(-c2ccc(C)cc2)cc1)C(=O)NO. The van der Waals surface area contributed by atoms with Crippen LogP contribution < -0.4 is 10.8 Å². The van der Waals surface area contributed by atoms with Crippen LogP contribution in [0.15, 0.2) is 67.3 Å². The maximum atomic E-state index is 13.9. The van der Waals surface area contributed by atoms with E-state index in [1.807, 2.05) is 37.3 Å². The summed E-state index contributed by atoms with van der Waals surface area (Å²) in [6.45, 7) is 6.68. The van der Waals surface area contributed by atoms with E-state index in [0.29, 0.717) is 0 Å². The summed E-state index contributed by atoms with van der Waals surface area (Å²) in [5.41, 5.74) is 3.78. The number of carbonyl (C=O) groups is 1. The second-order valence-electron chi connectivity index (χ2n) is 7.07. The van der Waals surface area contributed by atoms with Gasteiger partial charge in [-0.2, -0.15) is 0 Å². The third kappa shape index (κ3) is 5.84. The molecule has 0 aliphatic heterocycles. The molecule has 0 aliphatic carbocycles. The maximum absolute atomic E-state index is 13.9. The van der Waals surface area contributed by atoms with E-state index in [0.717, 1.165) is 22.8 Å². The highest BCUT2D eigenvalue weighted by Gasteiger charge is 2.42. The molecule has 0 heterocycles. The van der Waals surface area contributed by atoms with Gasteiger partial charge >= 0.3 is 0 Å². The monoisotopic (exact) mass is 398 g/mol. The van der Waals surface area contributed by atoms with Gasteiger partial charge in [0.1, 0.15) is 17.8 Å². The molecule has 2 aromatic carbocycles. The fraction of sp³-hybridized carbons (Fsp3) is 0.261. The first-order valence-electron chi connectivity index (χ1n) is 9.29. The van der Waals surface area contributed by atoms with Crippen molar-refractivity contribution in [2.45, 2.75) is 31.7 Å². The average Bonchev–Trinajstić information content (AvgIpc) is 2.73. The van der Waals surface area contributed by atoms with Gasteiger partial charge in [-0.05, 0) is 30.5 Å². The summed E-state index contributed by atoms with van der Waals surface area (Å²) >= 11 is 0.